The van der Waals surface area contributed by atoms with Gasteiger partial charge >= 0.3 is 96.1 Å². The number of carbonyl (C=O) groups excluding carboxylic acids is 4. The average Bonchev–Trinajstić information content (AvgIpc) is 1.52. The van der Waals surface area contributed by atoms with E-state index in [0.717, 1.165) is 112 Å². The average molecular weight is 1940 g/mol. The summed E-state index contributed by atoms with van der Waals surface area (Å²) < 4.78 is 7.79. The SMILES string of the molecule is CC(C)CN1C(=O)c2ccc3c4c(ccc(c24)C1=O)-c1nc2c(Br)ccc(Br)c2nc1-3.Cc1ccs[c]1[Sn]([CH3])([CH3])[CH3].Cc1ccsc1-c1ccc(-c2sccc2C)c2nc3c(nc12)-c1ccc2c4c(ccc-3c14)C(=O)N(CC(C)C)C2=O.Nc1c(Br)ccc(Br)c1N.O=c1[nH]c(=O)c2ccc3c(=O)c(=O)c4ccc1c2c43.[B]=NS. The van der Waals surface area contributed by atoms with Crippen molar-refractivity contribution in [2.75, 3.05) is 24.6 Å². The van der Waals surface area contributed by atoms with E-state index in [9.17, 15) is 38.4 Å². The van der Waals surface area contributed by atoms with Crippen molar-refractivity contribution in [3.8, 4) is 65.9 Å². The van der Waals surface area contributed by atoms with Crippen LogP contribution in [0.2, 0.25) is 14.8 Å². The Kier molecular flexibility index (Phi) is 21.9. The van der Waals surface area contributed by atoms with Crippen molar-refractivity contribution in [1.29, 1.82) is 0 Å². The Labute approximate surface area is 708 Å². The molecule has 1 radical (unpaired) electrons. The molecule has 28 heteroatoms. The number of aromatic nitrogens is 5. The van der Waals surface area contributed by atoms with E-state index in [4.69, 9.17) is 31.4 Å². The zero-order chi connectivity index (χ0) is 81.3. The molecular formula is C86H66BBr4N10O8S4Sn. The van der Waals surface area contributed by atoms with E-state index in [0.29, 0.717) is 73.6 Å². The standard InChI is InChI=1S/C34H25N3O2S2.C24H15Br2N3O2.C14H5NO4.C6H6Br2N2.C5H5S.3CH3.BHNS.Sn/c1-16(2)15-37-33(38)21-7-5-19-25-20(6-8-22(26(21)25)34(37)39)28-27(19)35-29-23(31-17(3)11-13-40-31)9-10-24(30(29)36-28)32-18(4)12-14-41-32;1-10(2)9-29-23(30)13-5-3-11-17-12(4-6-14(18(13)17)24(29)31)20-19(11)27-21-15(25)7-8-16(26)22(21)28-20;16-11-5-1-3-7-10-8(14(19)15-13(7)18)4-2-6(9(5)10)12(11)17;7-3-1-2-4(8)6(10)5(3)9;1-5-2-3-6-4-5;;;;1-2-3;/h5-14,16H,15H2,1-4H3;3-8,10H,9H2,1-2H3;1-4H,(H,15,18,19);1-2H,9-10H2;2-3H,1H3;3*1H3;3H;. The summed E-state index contributed by atoms with van der Waals surface area (Å²) in [5.41, 5.74) is 28.6. The molecule has 0 bridgehead atoms. The summed E-state index contributed by atoms with van der Waals surface area (Å²) in [7, 11) is 4.34. The summed E-state index contributed by atoms with van der Waals surface area (Å²) in [6.45, 7) is 15.3. The van der Waals surface area contributed by atoms with E-state index in [1.807, 2.05) is 112 Å². The van der Waals surface area contributed by atoms with Crippen LogP contribution >= 0.6 is 111 Å². The molecule has 5 N–H and O–H groups in total. The minimum absolute atomic E-state index is 0.182. The van der Waals surface area contributed by atoms with Gasteiger partial charge in [0, 0.05) is 150 Å². The molecule has 6 aromatic heterocycles. The Bertz CT molecular complexity index is 6730. The molecular weight excluding hydrogens is 1880 g/mol. The van der Waals surface area contributed by atoms with Gasteiger partial charge in [0.25, 0.3) is 34.7 Å². The van der Waals surface area contributed by atoms with Gasteiger partial charge in [-0.25, -0.2) is 19.9 Å². The Morgan fingerprint density at radius 1 is 0.412 bits per heavy atom. The van der Waals surface area contributed by atoms with Gasteiger partial charge in [0.05, 0.1) is 45.2 Å². The number of imide groups is 2. The first-order valence-corrected chi connectivity index (χ1v) is 52.2. The minimum atomic E-state index is -1.69. The monoisotopic (exact) mass is 1940 g/mol. The fraction of sp³-hybridized carbons (Fsp3) is 0.163. The number of aromatic amines is 1. The number of rotatable bonds is 7. The maximum absolute atomic E-state index is 13.5. The Hall–Kier alpha value is -9.17. The van der Waals surface area contributed by atoms with Gasteiger partial charge in [0.15, 0.2) is 0 Å². The molecule has 0 fully saturated rings. The van der Waals surface area contributed by atoms with Gasteiger partial charge < -0.3 is 11.5 Å². The fourth-order valence-corrected chi connectivity index (χ4v) is 27.1. The number of pyridine rings is 1. The van der Waals surface area contributed by atoms with Gasteiger partial charge in [0.2, 0.25) is 10.9 Å². The molecule has 4 aliphatic rings. The third-order valence-corrected chi connectivity index (χ3v) is 36.1. The number of benzene rings is 9. The fourth-order valence-electron chi connectivity index (χ4n) is 15.4. The molecule has 10 aromatic carbocycles. The number of amides is 4. The molecule has 114 heavy (non-hydrogen) atoms. The summed E-state index contributed by atoms with van der Waals surface area (Å²) in [5.74, 6) is -0.548. The van der Waals surface area contributed by atoms with Gasteiger partial charge in [-0.2, -0.15) is 0 Å². The van der Waals surface area contributed by atoms with Gasteiger partial charge in [-0.15, -0.1) is 22.7 Å². The first-order valence-electron chi connectivity index (χ1n) is 36.0. The number of fused-ring (bicyclic) bond motifs is 8. The second-order valence-electron chi connectivity index (χ2n) is 29.8. The first kappa shape index (κ1) is 80.0. The Morgan fingerprint density at radius 2 is 0.702 bits per heavy atom. The number of nitrogen functional groups attached to an aromatic ring is 2. The normalized spacial score (nSPS) is 12.8. The summed E-state index contributed by atoms with van der Waals surface area (Å²) in [6.07, 6.45) is 0. The van der Waals surface area contributed by atoms with Gasteiger partial charge in [-0.05, 0) is 196 Å². The van der Waals surface area contributed by atoms with Gasteiger partial charge in [0.1, 0.15) is 11.0 Å². The molecule has 0 atom stereocenters. The van der Waals surface area contributed by atoms with Crippen molar-refractivity contribution in [1.82, 2.24) is 34.7 Å². The molecule has 0 unspecified atom stereocenters. The van der Waals surface area contributed by atoms with Gasteiger partial charge in [-0.3, -0.25) is 53.1 Å². The van der Waals surface area contributed by atoms with Gasteiger partial charge in [-0.1, -0.05) is 64.1 Å². The number of H-pyrrole nitrogens is 1. The van der Waals surface area contributed by atoms with E-state index in [1.54, 1.807) is 25.6 Å². The first-order chi connectivity index (χ1) is 54.3. The number of anilines is 2. The molecule has 0 saturated carbocycles. The van der Waals surface area contributed by atoms with Crippen molar-refractivity contribution >= 4 is 250 Å². The predicted molar refractivity (Wildman–Crippen MR) is 487 cm³/mol. The molecule has 2 aliphatic heterocycles. The number of nitrogens with two attached hydrogens (primary N) is 2. The zero-order valence-electron chi connectivity index (χ0n) is 62.7. The van der Waals surface area contributed by atoms with E-state index >= 15 is 0 Å². The molecule has 0 spiro atoms. The number of thiophene rings is 3. The number of hydrogen-bond donors (Lipinski definition) is 4. The van der Waals surface area contributed by atoms with E-state index in [2.05, 4.69) is 176 Å². The van der Waals surface area contributed by atoms with Crippen LogP contribution in [0.15, 0.2) is 185 Å². The molecule has 16 aromatic rings. The number of halogens is 4. The third-order valence-electron chi connectivity index (χ3n) is 20.4. The van der Waals surface area contributed by atoms with E-state index in [-0.39, 0.29) is 46.2 Å². The second-order valence-corrected chi connectivity index (χ2v) is 51.5. The summed E-state index contributed by atoms with van der Waals surface area (Å²) in [5, 5.41) is 11.7. The van der Waals surface area contributed by atoms with Crippen LogP contribution in [0.4, 0.5) is 11.4 Å². The molecule has 18 nitrogen and oxygen atoms in total. The number of hydrogen-bond acceptors (Lipinski definition) is 19. The number of carbonyl (C=O) groups is 4. The predicted octanol–water partition coefficient (Wildman–Crippen LogP) is 20.4. The number of thiol groups is 1. The molecule has 567 valence electrons. The molecule has 4 amide bonds. The summed E-state index contributed by atoms with van der Waals surface area (Å²) >= 11 is 20.5. The second kappa shape index (κ2) is 31.1. The number of nitrogens with zero attached hydrogens (tertiary/aromatic N) is 7. The van der Waals surface area contributed by atoms with Crippen LogP contribution in [0.5, 0.6) is 0 Å². The molecule has 8 heterocycles. The third kappa shape index (κ3) is 13.6. The zero-order valence-corrected chi connectivity index (χ0v) is 75.3. The maximum atomic E-state index is 13.5. The molecule has 2 aliphatic carbocycles. The van der Waals surface area contributed by atoms with E-state index < -0.39 is 40.4 Å². The molecule has 0 saturated heterocycles. The van der Waals surface area contributed by atoms with E-state index in [1.165, 1.54) is 60.5 Å². The summed E-state index contributed by atoms with van der Waals surface area (Å²) in [6, 6.07) is 39.5. The number of nitrogens with one attached hydrogen (secondary N) is 1. The Morgan fingerprint density at radius 3 is 1.01 bits per heavy atom. The van der Waals surface area contributed by atoms with Crippen LogP contribution in [0, 0.1) is 32.6 Å². The van der Waals surface area contributed by atoms with Crippen molar-refractivity contribution in [3.63, 3.8) is 0 Å². The van der Waals surface area contributed by atoms with Crippen LogP contribution in [-0.2, 0) is 0 Å². The van der Waals surface area contributed by atoms with Crippen LogP contribution in [0.25, 0.3) is 142 Å². The topological polar surface area (TPSA) is 275 Å². The van der Waals surface area contributed by atoms with Crippen LogP contribution < -0.4 is 36.3 Å². The number of aryl methyl sites for hydroxylation is 3. The van der Waals surface area contributed by atoms with Crippen molar-refractivity contribution in [2.45, 2.75) is 63.3 Å². The Balaban J connectivity index is 0.000000123. The van der Waals surface area contributed by atoms with Crippen molar-refractivity contribution in [3.05, 3.63) is 242 Å². The quantitative estimate of drug-likeness (QED) is 0.0380. The summed E-state index contributed by atoms with van der Waals surface area (Å²) in [4.78, 5) is 136. The van der Waals surface area contributed by atoms with Crippen LogP contribution in [0.3, 0.4) is 0 Å². The van der Waals surface area contributed by atoms with Crippen molar-refractivity contribution in [2.24, 2.45) is 16.1 Å². The molecule has 20 rings (SSSR count). The van der Waals surface area contributed by atoms with Crippen molar-refractivity contribution < 1.29 is 19.2 Å². The van der Waals surface area contributed by atoms with Crippen LogP contribution in [-0.4, -0.2) is 97.5 Å². The van der Waals surface area contributed by atoms with Crippen LogP contribution in [0.1, 0.15) is 85.8 Å².